The fourth-order valence-electron chi connectivity index (χ4n) is 4.38. The number of H-pyrrole nitrogens is 2. The van der Waals surface area contributed by atoms with E-state index in [0.717, 1.165) is 39.1 Å². The first kappa shape index (κ1) is 24.1. The number of carbonyl (C=O) groups is 1. The highest BCUT2D eigenvalue weighted by Crippen LogP contribution is 2.32. The van der Waals surface area contributed by atoms with E-state index in [1.807, 2.05) is 63.2 Å². The number of pyridine rings is 2. The quantitative estimate of drug-likeness (QED) is 0.213. The van der Waals surface area contributed by atoms with E-state index in [-0.39, 0.29) is 17.7 Å². The minimum atomic E-state index is -0.355. The number of amides is 1. The second-order valence-electron chi connectivity index (χ2n) is 9.44. The van der Waals surface area contributed by atoms with Crippen LogP contribution in [-0.4, -0.2) is 42.3 Å². The van der Waals surface area contributed by atoms with Crippen LogP contribution in [-0.2, 0) is 4.79 Å². The molecule has 1 amide bonds. The van der Waals surface area contributed by atoms with Crippen molar-refractivity contribution in [2.24, 2.45) is 5.92 Å². The highest BCUT2D eigenvalue weighted by atomic mass is 16.1. The Kier molecular flexibility index (Phi) is 6.59. The number of nitrogens with zero attached hydrogens (tertiary/aromatic N) is 4. The van der Waals surface area contributed by atoms with Gasteiger partial charge in [0.05, 0.1) is 34.7 Å². The summed E-state index contributed by atoms with van der Waals surface area (Å²) >= 11 is 0. The van der Waals surface area contributed by atoms with E-state index in [9.17, 15) is 4.79 Å². The maximum atomic E-state index is 12.2. The van der Waals surface area contributed by atoms with Gasteiger partial charge in [0.1, 0.15) is 5.69 Å². The molecule has 0 aliphatic rings. The zero-order valence-corrected chi connectivity index (χ0v) is 20.9. The number of aromatic nitrogens is 6. The SMILES string of the molecule is Cc1[nH]c(-c2n[nH]c3ccc(-c4cncc(NC(=O)CC(C)C)c4)cc23)nc1C(C=N)c1ccccn1. The predicted octanol–water partition coefficient (Wildman–Crippen LogP) is 5.48. The van der Waals surface area contributed by atoms with Crippen LogP contribution < -0.4 is 5.32 Å². The molecule has 1 atom stereocenters. The summed E-state index contributed by atoms with van der Waals surface area (Å²) in [6, 6.07) is 13.6. The van der Waals surface area contributed by atoms with Crippen LogP contribution in [0.4, 0.5) is 5.69 Å². The monoisotopic (exact) mass is 492 g/mol. The maximum Gasteiger partial charge on any atom is 0.224 e. The lowest BCUT2D eigenvalue weighted by Crippen LogP contribution is -2.13. The van der Waals surface area contributed by atoms with Crippen molar-refractivity contribution < 1.29 is 4.79 Å². The zero-order chi connectivity index (χ0) is 25.9. The molecule has 4 aromatic heterocycles. The predicted molar refractivity (Wildman–Crippen MR) is 145 cm³/mol. The summed E-state index contributed by atoms with van der Waals surface area (Å²) in [5.74, 6) is 0.514. The number of fused-ring (bicyclic) bond motifs is 1. The first-order valence-electron chi connectivity index (χ1n) is 12.1. The fraction of sp³-hybridized carbons (Fsp3) is 0.214. The van der Waals surface area contributed by atoms with Crippen molar-refractivity contribution in [3.63, 3.8) is 0 Å². The molecule has 9 nitrogen and oxygen atoms in total. The van der Waals surface area contributed by atoms with E-state index in [0.29, 0.717) is 23.6 Å². The number of aromatic amines is 2. The van der Waals surface area contributed by atoms with E-state index in [4.69, 9.17) is 10.4 Å². The average molecular weight is 493 g/mol. The van der Waals surface area contributed by atoms with Crippen molar-refractivity contribution >= 4 is 28.7 Å². The number of rotatable bonds is 8. The second kappa shape index (κ2) is 10.1. The molecule has 0 aliphatic carbocycles. The third kappa shape index (κ3) is 5.02. The highest BCUT2D eigenvalue weighted by molar-refractivity contribution is 5.95. The summed E-state index contributed by atoms with van der Waals surface area (Å²) in [6.07, 6.45) is 6.96. The largest absolute Gasteiger partial charge is 0.340 e. The second-order valence-corrected chi connectivity index (χ2v) is 9.44. The van der Waals surface area contributed by atoms with Gasteiger partial charge in [-0.25, -0.2) is 4.98 Å². The van der Waals surface area contributed by atoms with Gasteiger partial charge in [0, 0.05) is 41.7 Å². The van der Waals surface area contributed by atoms with Crippen LogP contribution in [0.5, 0.6) is 0 Å². The molecule has 0 spiro atoms. The molecular weight excluding hydrogens is 464 g/mol. The minimum Gasteiger partial charge on any atom is -0.340 e. The van der Waals surface area contributed by atoms with E-state index >= 15 is 0 Å². The van der Waals surface area contributed by atoms with Crippen molar-refractivity contribution in [3.05, 3.63) is 78.1 Å². The van der Waals surface area contributed by atoms with Crippen LogP contribution in [0.1, 0.15) is 43.3 Å². The molecule has 5 rings (SSSR count). The topological polar surface area (TPSA) is 136 Å². The van der Waals surface area contributed by atoms with E-state index in [2.05, 4.69) is 30.5 Å². The Balaban J connectivity index is 1.49. The molecule has 186 valence electrons. The number of aryl methyl sites for hydroxylation is 1. The number of benzene rings is 1. The van der Waals surface area contributed by atoms with Crippen LogP contribution in [0.15, 0.2) is 61.1 Å². The van der Waals surface area contributed by atoms with Crippen molar-refractivity contribution in [3.8, 4) is 22.6 Å². The molecule has 0 fully saturated rings. The lowest BCUT2D eigenvalue weighted by Gasteiger charge is -2.09. The van der Waals surface area contributed by atoms with E-state index < -0.39 is 0 Å². The molecule has 4 heterocycles. The van der Waals surface area contributed by atoms with Gasteiger partial charge in [-0.1, -0.05) is 26.0 Å². The van der Waals surface area contributed by atoms with Gasteiger partial charge in [-0.3, -0.25) is 19.9 Å². The summed E-state index contributed by atoms with van der Waals surface area (Å²) in [5.41, 5.74) is 6.40. The van der Waals surface area contributed by atoms with Crippen LogP contribution in [0.3, 0.4) is 0 Å². The summed E-state index contributed by atoms with van der Waals surface area (Å²) in [4.78, 5) is 29.1. The van der Waals surface area contributed by atoms with Crippen LogP contribution in [0, 0.1) is 18.3 Å². The fourth-order valence-corrected chi connectivity index (χ4v) is 4.38. The van der Waals surface area contributed by atoms with Gasteiger partial charge in [-0.15, -0.1) is 0 Å². The average Bonchev–Trinajstić information content (AvgIpc) is 3.48. The summed E-state index contributed by atoms with van der Waals surface area (Å²) in [5, 5.41) is 19.4. The Hall–Kier alpha value is -4.66. The molecule has 0 saturated heterocycles. The molecule has 4 N–H and O–H groups in total. The standard InChI is InChI=1S/C28H28N8O/c1-16(2)10-25(37)33-20-11-19(14-30-15-20)18-7-8-24-21(12-18)27(36-35-24)28-32-17(3)26(34-28)22(13-29)23-6-4-5-9-31-23/h4-9,11-16,22,29H,10H2,1-3H3,(H,32,34)(H,33,37)(H,35,36). The van der Waals surface area contributed by atoms with Crippen LogP contribution in [0.2, 0.25) is 0 Å². The van der Waals surface area contributed by atoms with Gasteiger partial charge < -0.3 is 15.7 Å². The molecule has 9 heteroatoms. The normalized spacial score (nSPS) is 12.1. The number of anilines is 1. The molecular formula is C28H28N8O. The van der Waals surface area contributed by atoms with Gasteiger partial charge in [-0.05, 0) is 48.7 Å². The molecule has 1 aromatic carbocycles. The summed E-state index contributed by atoms with van der Waals surface area (Å²) in [6.45, 7) is 5.97. The molecule has 0 bridgehead atoms. The molecule has 1 unspecified atom stereocenters. The molecule has 0 aliphatic heterocycles. The smallest absolute Gasteiger partial charge is 0.224 e. The number of carbonyl (C=O) groups excluding carboxylic acids is 1. The van der Waals surface area contributed by atoms with Gasteiger partial charge in [-0.2, -0.15) is 5.10 Å². The first-order chi connectivity index (χ1) is 17.9. The summed E-state index contributed by atoms with van der Waals surface area (Å²) < 4.78 is 0. The van der Waals surface area contributed by atoms with Crippen LogP contribution >= 0.6 is 0 Å². The van der Waals surface area contributed by atoms with E-state index in [1.165, 1.54) is 6.21 Å². The third-order valence-electron chi connectivity index (χ3n) is 6.13. The zero-order valence-electron chi connectivity index (χ0n) is 20.9. The Morgan fingerprint density at radius 2 is 2.00 bits per heavy atom. The number of imidazole rings is 1. The minimum absolute atomic E-state index is 0.0283. The Bertz CT molecular complexity index is 1570. The van der Waals surface area contributed by atoms with Crippen molar-refractivity contribution in [1.29, 1.82) is 5.41 Å². The van der Waals surface area contributed by atoms with Gasteiger partial charge in [0.25, 0.3) is 0 Å². The van der Waals surface area contributed by atoms with E-state index in [1.54, 1.807) is 18.6 Å². The lowest BCUT2D eigenvalue weighted by molar-refractivity contribution is -0.116. The molecule has 37 heavy (non-hydrogen) atoms. The maximum absolute atomic E-state index is 12.2. The Morgan fingerprint density at radius 3 is 2.76 bits per heavy atom. The molecule has 5 aromatic rings. The van der Waals surface area contributed by atoms with Gasteiger partial charge in [0.2, 0.25) is 5.91 Å². The number of hydrogen-bond acceptors (Lipinski definition) is 6. The number of nitrogens with one attached hydrogen (secondary N) is 4. The highest BCUT2D eigenvalue weighted by Gasteiger charge is 2.22. The van der Waals surface area contributed by atoms with Crippen LogP contribution in [0.25, 0.3) is 33.5 Å². The van der Waals surface area contributed by atoms with Gasteiger partial charge in [0.15, 0.2) is 5.82 Å². The molecule has 0 saturated carbocycles. The molecule has 0 radical (unpaired) electrons. The van der Waals surface area contributed by atoms with Gasteiger partial charge >= 0.3 is 0 Å². The first-order valence-corrected chi connectivity index (χ1v) is 12.1. The van der Waals surface area contributed by atoms with Crippen molar-refractivity contribution in [1.82, 2.24) is 30.1 Å². The van der Waals surface area contributed by atoms with Crippen molar-refractivity contribution in [2.75, 3.05) is 5.32 Å². The third-order valence-corrected chi connectivity index (χ3v) is 6.13. The van der Waals surface area contributed by atoms with Crippen molar-refractivity contribution in [2.45, 2.75) is 33.1 Å². The number of hydrogen-bond donors (Lipinski definition) is 4. The summed E-state index contributed by atoms with van der Waals surface area (Å²) in [7, 11) is 0. The Morgan fingerprint density at radius 1 is 1.14 bits per heavy atom. The lowest BCUT2D eigenvalue weighted by atomic mass is 10.0. The Labute approximate surface area is 214 Å².